The third kappa shape index (κ3) is 7.37. The van der Waals surface area contributed by atoms with Crippen LogP contribution in [0.25, 0.3) is 62.1 Å². The van der Waals surface area contributed by atoms with Crippen molar-refractivity contribution in [1.82, 2.24) is 15.0 Å². The van der Waals surface area contributed by atoms with E-state index in [1.165, 1.54) is 33.6 Å². The second kappa shape index (κ2) is 16.9. The Morgan fingerprint density at radius 3 is 1.87 bits per heavy atom. The summed E-state index contributed by atoms with van der Waals surface area (Å²) < 4.78 is 6.60. The van der Waals surface area contributed by atoms with Crippen LogP contribution in [-0.4, -0.2) is 15.0 Å². The summed E-state index contributed by atoms with van der Waals surface area (Å²) in [6.07, 6.45) is 13.4. The third-order valence-corrected chi connectivity index (χ3v) is 13.4. The van der Waals surface area contributed by atoms with Gasteiger partial charge < -0.3 is 14.5 Å². The van der Waals surface area contributed by atoms with Crippen molar-refractivity contribution in [3.05, 3.63) is 222 Å². The highest BCUT2D eigenvalue weighted by Crippen LogP contribution is 2.53. The van der Waals surface area contributed by atoms with Gasteiger partial charge in [-0.25, -0.2) is 15.0 Å². The molecule has 0 spiro atoms. The second-order valence-electron chi connectivity index (χ2n) is 17.5. The lowest BCUT2D eigenvalue weighted by Crippen LogP contribution is -2.20. The number of rotatable bonds is 8. The zero-order valence-corrected chi connectivity index (χ0v) is 37.5. The number of benzene rings is 8. The first-order chi connectivity index (χ1) is 33.0. The van der Waals surface area contributed by atoms with Crippen LogP contribution in [0.3, 0.4) is 0 Å². The van der Waals surface area contributed by atoms with E-state index in [0.29, 0.717) is 17.5 Å². The van der Waals surface area contributed by atoms with Gasteiger partial charge in [0.1, 0.15) is 0 Å². The smallest absolute Gasteiger partial charge is 0.164 e. The van der Waals surface area contributed by atoms with Crippen LogP contribution in [0.4, 0.5) is 28.4 Å². The SMILES string of the molecule is CC1=C(N(c2ccc(-c3nc(-c4ccc(-c5ccccc5)cc4)nc(-c4ccc(N5c6ccccc6Oc6c5ccc5ccccc65)cc4)n3)cc2)c2ccc3c(c2C)CCC=C3)C=CCC1. The van der Waals surface area contributed by atoms with Gasteiger partial charge in [-0.3, -0.25) is 0 Å². The zero-order chi connectivity index (χ0) is 44.8. The summed E-state index contributed by atoms with van der Waals surface area (Å²) in [6, 6.07) is 61.7. The summed E-state index contributed by atoms with van der Waals surface area (Å²) in [7, 11) is 0. The molecular formula is C61H47N5O. The van der Waals surface area contributed by atoms with Crippen molar-refractivity contribution in [2.45, 2.75) is 39.5 Å². The number of nitrogens with zero attached hydrogens (tertiary/aromatic N) is 5. The zero-order valence-electron chi connectivity index (χ0n) is 37.5. The van der Waals surface area contributed by atoms with E-state index < -0.39 is 0 Å². The molecule has 0 atom stereocenters. The molecule has 9 aromatic rings. The summed E-state index contributed by atoms with van der Waals surface area (Å²) in [4.78, 5) is 20.3. The number of anilines is 5. The minimum absolute atomic E-state index is 0.602. The van der Waals surface area contributed by atoms with Gasteiger partial charge in [0.25, 0.3) is 0 Å². The molecule has 0 amide bonds. The van der Waals surface area contributed by atoms with E-state index in [-0.39, 0.29) is 0 Å². The van der Waals surface area contributed by atoms with Gasteiger partial charge in [0.05, 0.1) is 11.4 Å². The van der Waals surface area contributed by atoms with Crippen molar-refractivity contribution < 1.29 is 4.74 Å². The molecule has 6 nitrogen and oxygen atoms in total. The van der Waals surface area contributed by atoms with Gasteiger partial charge in [-0.2, -0.15) is 0 Å². The largest absolute Gasteiger partial charge is 0.452 e. The molecule has 2 heterocycles. The van der Waals surface area contributed by atoms with Crippen LogP contribution in [0.1, 0.15) is 42.9 Å². The van der Waals surface area contributed by atoms with Crippen LogP contribution in [0.5, 0.6) is 11.5 Å². The van der Waals surface area contributed by atoms with Crippen LogP contribution in [0, 0.1) is 6.92 Å². The Bertz CT molecular complexity index is 3440. The molecule has 0 radical (unpaired) electrons. The van der Waals surface area contributed by atoms with E-state index >= 15 is 0 Å². The highest BCUT2D eigenvalue weighted by atomic mass is 16.5. The Hall–Kier alpha value is -8.35. The molecule has 12 rings (SSSR count). The number of para-hydroxylation sites is 2. The Morgan fingerprint density at radius 1 is 0.507 bits per heavy atom. The van der Waals surface area contributed by atoms with E-state index in [0.717, 1.165) is 98.5 Å². The number of allylic oxidation sites excluding steroid dienone is 4. The summed E-state index contributed by atoms with van der Waals surface area (Å²) in [5.74, 6) is 3.49. The van der Waals surface area contributed by atoms with Gasteiger partial charge in [0.15, 0.2) is 29.0 Å². The third-order valence-electron chi connectivity index (χ3n) is 13.4. The van der Waals surface area contributed by atoms with Gasteiger partial charge in [0, 0.05) is 44.8 Å². The first-order valence-corrected chi connectivity index (χ1v) is 23.2. The Balaban J connectivity index is 0.946. The average molecular weight is 866 g/mol. The quantitative estimate of drug-likeness (QED) is 0.152. The molecule has 0 saturated heterocycles. The molecule has 8 aromatic carbocycles. The van der Waals surface area contributed by atoms with Gasteiger partial charge in [-0.1, -0.05) is 121 Å². The maximum absolute atomic E-state index is 6.60. The highest BCUT2D eigenvalue weighted by molar-refractivity contribution is 5.99. The molecule has 2 aliphatic carbocycles. The van der Waals surface area contributed by atoms with E-state index in [4.69, 9.17) is 19.7 Å². The minimum atomic E-state index is 0.602. The number of aromatic nitrogens is 3. The van der Waals surface area contributed by atoms with E-state index in [1.54, 1.807) is 0 Å². The van der Waals surface area contributed by atoms with Crippen LogP contribution < -0.4 is 14.5 Å². The molecule has 0 bridgehead atoms. The van der Waals surface area contributed by atoms with Gasteiger partial charge in [0.2, 0.25) is 0 Å². The lowest BCUT2D eigenvalue weighted by molar-refractivity contribution is 0.482. The van der Waals surface area contributed by atoms with E-state index in [1.807, 2.05) is 18.2 Å². The molecule has 1 aliphatic heterocycles. The monoisotopic (exact) mass is 865 g/mol. The van der Waals surface area contributed by atoms with Crippen molar-refractivity contribution >= 4 is 45.3 Å². The van der Waals surface area contributed by atoms with Crippen molar-refractivity contribution in [2.75, 3.05) is 9.80 Å². The molecule has 0 unspecified atom stereocenters. The fraction of sp³-hybridized carbons (Fsp3) is 0.0984. The predicted molar refractivity (Wildman–Crippen MR) is 276 cm³/mol. The number of hydrogen-bond donors (Lipinski definition) is 0. The van der Waals surface area contributed by atoms with Crippen LogP contribution in [0.15, 0.2) is 205 Å². The van der Waals surface area contributed by atoms with Crippen LogP contribution in [-0.2, 0) is 6.42 Å². The molecule has 6 heteroatoms. The molecule has 1 aromatic heterocycles. The number of hydrogen-bond acceptors (Lipinski definition) is 6. The summed E-state index contributed by atoms with van der Waals surface area (Å²) in [5.41, 5.74) is 17.0. The van der Waals surface area contributed by atoms with Crippen molar-refractivity contribution in [3.63, 3.8) is 0 Å². The first-order valence-electron chi connectivity index (χ1n) is 23.2. The second-order valence-corrected chi connectivity index (χ2v) is 17.5. The lowest BCUT2D eigenvalue weighted by atomic mass is 9.91. The predicted octanol–water partition coefficient (Wildman–Crippen LogP) is 16.3. The summed E-state index contributed by atoms with van der Waals surface area (Å²) >= 11 is 0. The van der Waals surface area contributed by atoms with Crippen molar-refractivity contribution in [1.29, 1.82) is 0 Å². The Kier molecular flexibility index (Phi) is 10.1. The standard InChI is InChI=1S/C61H47N5O/c1-40-14-6-11-21-53(40)65(54-38-32-44-17-7-9-19-51(44)41(54)2)49-34-28-47(29-35-49)60-62-59(46-26-24-43(25-27-46)42-15-4-3-5-16-42)63-61(64-60)48-30-36-50(37-31-48)66-55-22-12-13-23-57(55)67-58-52-20-10-8-18-45(52)33-39-56(58)66/h3-5,7-8,10-13,15-18,20-39H,6,9,14,19H2,1-2H3. The van der Waals surface area contributed by atoms with Crippen LogP contribution in [0.2, 0.25) is 0 Å². The molecule has 67 heavy (non-hydrogen) atoms. The van der Waals surface area contributed by atoms with Gasteiger partial charge >= 0.3 is 0 Å². The minimum Gasteiger partial charge on any atom is -0.452 e. The van der Waals surface area contributed by atoms with Crippen molar-refractivity contribution in [3.8, 4) is 56.8 Å². The Labute approximate surface area is 391 Å². The topological polar surface area (TPSA) is 54.4 Å². The fourth-order valence-corrected chi connectivity index (χ4v) is 9.86. The number of fused-ring (bicyclic) bond motifs is 5. The normalized spacial score (nSPS) is 13.8. The molecule has 322 valence electrons. The average Bonchev–Trinajstić information content (AvgIpc) is 3.39. The molecule has 0 N–H and O–H groups in total. The highest BCUT2D eigenvalue weighted by Gasteiger charge is 2.28. The Morgan fingerprint density at radius 2 is 1.12 bits per heavy atom. The summed E-state index contributed by atoms with van der Waals surface area (Å²) in [6.45, 7) is 4.55. The maximum atomic E-state index is 6.60. The fourth-order valence-electron chi connectivity index (χ4n) is 9.86. The lowest BCUT2D eigenvalue weighted by Gasteiger charge is -2.33. The molecule has 0 fully saturated rings. The van der Waals surface area contributed by atoms with E-state index in [9.17, 15) is 0 Å². The molecule has 3 aliphatic rings. The van der Waals surface area contributed by atoms with Gasteiger partial charge in [-0.05, 0) is 157 Å². The number of ether oxygens (including phenoxy) is 1. The maximum Gasteiger partial charge on any atom is 0.164 e. The first kappa shape index (κ1) is 40.2. The van der Waals surface area contributed by atoms with Crippen LogP contribution >= 0.6 is 0 Å². The van der Waals surface area contributed by atoms with E-state index in [2.05, 4.69) is 206 Å². The summed E-state index contributed by atoms with van der Waals surface area (Å²) in [5, 5.41) is 2.21. The molecular weight excluding hydrogens is 819 g/mol. The van der Waals surface area contributed by atoms with Gasteiger partial charge in [-0.15, -0.1) is 0 Å². The van der Waals surface area contributed by atoms with Crippen molar-refractivity contribution in [2.24, 2.45) is 0 Å². The molecule has 0 saturated carbocycles.